The van der Waals surface area contributed by atoms with Gasteiger partial charge in [0.2, 0.25) is 0 Å². The number of nitrogens with one attached hydrogen (secondary N) is 2. The SMILES string of the molecule is CCCNC(=O)c1cc(Oc2c(C)cc(NC(=O)C(=O)OCC)cc2Cl)ccc1O. The van der Waals surface area contributed by atoms with Gasteiger partial charge in [-0.05, 0) is 56.2 Å². The predicted molar refractivity (Wildman–Crippen MR) is 112 cm³/mol. The molecule has 9 heteroatoms. The fourth-order valence-corrected chi connectivity index (χ4v) is 2.83. The van der Waals surface area contributed by atoms with Gasteiger partial charge in [0.25, 0.3) is 5.91 Å². The first-order chi connectivity index (χ1) is 14.3. The summed E-state index contributed by atoms with van der Waals surface area (Å²) >= 11 is 6.29. The molecule has 0 unspecified atom stereocenters. The second-order valence-corrected chi connectivity index (χ2v) is 6.72. The van der Waals surface area contributed by atoms with E-state index in [4.69, 9.17) is 16.3 Å². The number of aromatic hydroxyl groups is 1. The molecule has 0 bridgehead atoms. The number of benzene rings is 2. The van der Waals surface area contributed by atoms with Gasteiger partial charge in [-0.1, -0.05) is 18.5 Å². The maximum absolute atomic E-state index is 12.2. The number of hydrogen-bond donors (Lipinski definition) is 3. The van der Waals surface area contributed by atoms with E-state index in [0.717, 1.165) is 6.42 Å². The van der Waals surface area contributed by atoms with Crippen molar-refractivity contribution in [2.45, 2.75) is 27.2 Å². The summed E-state index contributed by atoms with van der Waals surface area (Å²) < 4.78 is 10.5. The van der Waals surface area contributed by atoms with Gasteiger partial charge in [-0.25, -0.2) is 4.79 Å². The van der Waals surface area contributed by atoms with Crippen LogP contribution in [0.2, 0.25) is 5.02 Å². The average Bonchev–Trinajstić information content (AvgIpc) is 2.70. The molecular weight excluding hydrogens is 412 g/mol. The van der Waals surface area contributed by atoms with Crippen molar-refractivity contribution in [3.05, 3.63) is 46.5 Å². The minimum atomic E-state index is -0.996. The molecule has 0 fully saturated rings. The molecule has 0 saturated heterocycles. The Labute approximate surface area is 179 Å². The number of esters is 1. The van der Waals surface area contributed by atoms with Crippen LogP contribution < -0.4 is 15.4 Å². The molecule has 0 aliphatic heterocycles. The molecule has 160 valence electrons. The molecule has 0 aromatic heterocycles. The van der Waals surface area contributed by atoms with Crippen LogP contribution in [0.25, 0.3) is 0 Å². The molecule has 2 aromatic rings. The molecule has 3 N–H and O–H groups in total. The van der Waals surface area contributed by atoms with Crippen molar-refractivity contribution in [1.29, 1.82) is 0 Å². The minimum Gasteiger partial charge on any atom is -0.507 e. The Bertz CT molecular complexity index is 938. The van der Waals surface area contributed by atoms with E-state index in [1.807, 2.05) is 6.92 Å². The third kappa shape index (κ3) is 5.87. The highest BCUT2D eigenvalue weighted by Crippen LogP contribution is 2.36. The van der Waals surface area contributed by atoms with E-state index in [2.05, 4.69) is 15.4 Å². The molecule has 0 aliphatic rings. The summed E-state index contributed by atoms with van der Waals surface area (Å²) in [5.41, 5.74) is 0.952. The zero-order valence-corrected chi connectivity index (χ0v) is 17.6. The van der Waals surface area contributed by atoms with Crippen LogP contribution in [-0.4, -0.2) is 36.0 Å². The molecule has 2 aromatic carbocycles. The number of hydrogen-bond acceptors (Lipinski definition) is 6. The van der Waals surface area contributed by atoms with Gasteiger partial charge in [-0.3, -0.25) is 9.59 Å². The molecule has 0 heterocycles. The van der Waals surface area contributed by atoms with Crippen LogP contribution in [0.15, 0.2) is 30.3 Å². The van der Waals surface area contributed by atoms with Crippen molar-refractivity contribution in [2.24, 2.45) is 0 Å². The van der Waals surface area contributed by atoms with Crippen molar-refractivity contribution in [2.75, 3.05) is 18.5 Å². The standard InChI is InChI=1S/C21H23ClN2O6/c1-4-8-23-19(26)15-11-14(6-7-17(15)25)30-18-12(3)9-13(10-16(18)22)24-20(27)21(28)29-5-2/h6-7,9-11,25H,4-5,8H2,1-3H3,(H,23,26)(H,24,27). The van der Waals surface area contributed by atoms with Crippen LogP contribution in [0.3, 0.4) is 0 Å². The predicted octanol–water partition coefficient (Wildman–Crippen LogP) is 3.79. The number of rotatable bonds is 7. The Hall–Kier alpha value is -3.26. The van der Waals surface area contributed by atoms with Crippen LogP contribution in [0.5, 0.6) is 17.2 Å². The zero-order valence-electron chi connectivity index (χ0n) is 16.9. The maximum atomic E-state index is 12.2. The molecule has 8 nitrogen and oxygen atoms in total. The lowest BCUT2D eigenvalue weighted by molar-refractivity contribution is -0.152. The lowest BCUT2D eigenvalue weighted by Gasteiger charge is -2.14. The first-order valence-corrected chi connectivity index (χ1v) is 9.71. The van der Waals surface area contributed by atoms with Gasteiger partial charge < -0.3 is 25.2 Å². The van der Waals surface area contributed by atoms with E-state index >= 15 is 0 Å². The Morgan fingerprint density at radius 2 is 1.87 bits per heavy atom. The van der Waals surface area contributed by atoms with Crippen LogP contribution in [0.4, 0.5) is 5.69 Å². The topological polar surface area (TPSA) is 114 Å². The summed E-state index contributed by atoms with van der Waals surface area (Å²) in [6.07, 6.45) is 0.760. The number of aryl methyl sites for hydroxylation is 1. The number of carbonyl (C=O) groups is 3. The molecule has 2 rings (SSSR count). The van der Waals surface area contributed by atoms with E-state index in [0.29, 0.717) is 29.3 Å². The molecule has 30 heavy (non-hydrogen) atoms. The van der Waals surface area contributed by atoms with Crippen LogP contribution in [0, 0.1) is 6.92 Å². The van der Waals surface area contributed by atoms with Crippen LogP contribution in [-0.2, 0) is 14.3 Å². The van der Waals surface area contributed by atoms with Gasteiger partial charge in [0, 0.05) is 12.2 Å². The number of phenolic OH excluding ortho intramolecular Hbond substituents is 1. The normalized spacial score (nSPS) is 10.3. The highest BCUT2D eigenvalue weighted by Gasteiger charge is 2.18. The first-order valence-electron chi connectivity index (χ1n) is 9.34. The monoisotopic (exact) mass is 434 g/mol. The smallest absolute Gasteiger partial charge is 0.397 e. The van der Waals surface area contributed by atoms with Gasteiger partial charge >= 0.3 is 11.9 Å². The van der Waals surface area contributed by atoms with Crippen molar-refractivity contribution in [1.82, 2.24) is 5.32 Å². The van der Waals surface area contributed by atoms with Crippen LogP contribution in [0.1, 0.15) is 36.2 Å². The number of phenols is 1. The molecule has 0 saturated carbocycles. The Morgan fingerprint density at radius 1 is 1.13 bits per heavy atom. The summed E-state index contributed by atoms with van der Waals surface area (Å²) in [4.78, 5) is 35.4. The largest absolute Gasteiger partial charge is 0.507 e. The molecule has 0 spiro atoms. The number of anilines is 1. The van der Waals surface area contributed by atoms with Gasteiger partial charge in [-0.2, -0.15) is 0 Å². The maximum Gasteiger partial charge on any atom is 0.397 e. The molecular formula is C21H23ClN2O6. The summed E-state index contributed by atoms with van der Waals surface area (Å²) in [7, 11) is 0. The van der Waals surface area contributed by atoms with Crippen LogP contribution >= 0.6 is 11.6 Å². The summed E-state index contributed by atoms with van der Waals surface area (Å²) in [5.74, 6) is -1.90. The fraction of sp³-hybridized carbons (Fsp3) is 0.286. The molecule has 0 radical (unpaired) electrons. The average molecular weight is 435 g/mol. The second-order valence-electron chi connectivity index (χ2n) is 6.32. The van der Waals surface area contributed by atoms with Crippen molar-refractivity contribution >= 4 is 35.1 Å². The van der Waals surface area contributed by atoms with Gasteiger partial charge in [0.05, 0.1) is 17.2 Å². The van der Waals surface area contributed by atoms with Gasteiger partial charge in [0.1, 0.15) is 17.2 Å². The quantitative estimate of drug-likeness (QED) is 0.451. The highest BCUT2D eigenvalue weighted by atomic mass is 35.5. The molecule has 0 atom stereocenters. The Balaban J connectivity index is 2.22. The molecule has 0 aliphatic carbocycles. The summed E-state index contributed by atoms with van der Waals surface area (Å²) in [6, 6.07) is 7.27. The highest BCUT2D eigenvalue weighted by molar-refractivity contribution is 6.37. The van der Waals surface area contributed by atoms with Crippen molar-refractivity contribution in [3.63, 3.8) is 0 Å². The van der Waals surface area contributed by atoms with E-state index < -0.39 is 17.8 Å². The number of ether oxygens (including phenoxy) is 2. The summed E-state index contributed by atoms with van der Waals surface area (Å²) in [6.45, 7) is 5.79. The number of amides is 2. The minimum absolute atomic E-state index is 0.0769. The Kier molecular flexibility index (Phi) is 8.06. The summed E-state index contributed by atoms with van der Waals surface area (Å²) in [5, 5.41) is 15.2. The third-order valence-electron chi connectivity index (χ3n) is 3.92. The lowest BCUT2D eigenvalue weighted by Crippen LogP contribution is -2.25. The van der Waals surface area contributed by atoms with Gasteiger partial charge in [0.15, 0.2) is 0 Å². The molecule has 2 amide bonds. The van der Waals surface area contributed by atoms with E-state index in [1.54, 1.807) is 19.9 Å². The Morgan fingerprint density at radius 3 is 2.50 bits per heavy atom. The number of halogens is 1. The second kappa shape index (κ2) is 10.5. The van der Waals surface area contributed by atoms with E-state index in [9.17, 15) is 19.5 Å². The lowest BCUT2D eigenvalue weighted by atomic mass is 10.1. The van der Waals surface area contributed by atoms with E-state index in [-0.39, 0.29) is 22.9 Å². The van der Waals surface area contributed by atoms with Gasteiger partial charge in [-0.15, -0.1) is 0 Å². The third-order valence-corrected chi connectivity index (χ3v) is 4.20. The van der Waals surface area contributed by atoms with Crippen molar-refractivity contribution < 1.29 is 29.0 Å². The first kappa shape index (κ1) is 23.0. The van der Waals surface area contributed by atoms with E-state index in [1.165, 1.54) is 24.3 Å². The van der Waals surface area contributed by atoms with Crippen molar-refractivity contribution in [3.8, 4) is 17.2 Å². The zero-order chi connectivity index (χ0) is 22.3. The fourth-order valence-electron chi connectivity index (χ4n) is 2.52. The number of carbonyl (C=O) groups excluding carboxylic acids is 3.